The number of carboxylic acids is 1. The largest absolute Gasteiger partial charge is 0.480 e. The smallest absolute Gasteiger partial charge is 0.329 e. The lowest BCUT2D eigenvalue weighted by atomic mass is 10.1. The number of carbonyl (C=O) groups is 2. The summed E-state index contributed by atoms with van der Waals surface area (Å²) in [7, 11) is 0. The fourth-order valence-electron chi connectivity index (χ4n) is 2.35. The molecule has 1 fully saturated rings. The predicted octanol–water partition coefficient (Wildman–Crippen LogP) is 0.799. The average molecular weight is 293 g/mol. The Kier molecular flexibility index (Phi) is 4.85. The van der Waals surface area contributed by atoms with Crippen LogP contribution in [0.25, 0.3) is 0 Å². The predicted molar refractivity (Wildman–Crippen MR) is 74.0 cm³/mol. The Morgan fingerprint density at radius 3 is 2.62 bits per heavy atom. The monoisotopic (exact) mass is 293 g/mol. The minimum atomic E-state index is -0.970. The Hall–Kier alpha value is -2.02. The van der Waals surface area contributed by atoms with Crippen LogP contribution in [-0.2, 0) is 9.53 Å². The molecule has 7 nitrogen and oxygen atoms in total. The van der Waals surface area contributed by atoms with Gasteiger partial charge in [-0.3, -0.25) is 4.79 Å². The van der Waals surface area contributed by atoms with E-state index in [4.69, 9.17) is 9.84 Å². The summed E-state index contributed by atoms with van der Waals surface area (Å²) in [6.07, 6.45) is 1.20. The highest BCUT2D eigenvalue weighted by Gasteiger charge is 2.25. The number of aliphatic carboxylic acids is 1. The van der Waals surface area contributed by atoms with Crippen LogP contribution < -0.4 is 0 Å². The number of ether oxygens (including phenoxy) is 1. The van der Waals surface area contributed by atoms with Crippen molar-refractivity contribution >= 4 is 11.9 Å². The van der Waals surface area contributed by atoms with Gasteiger partial charge in [0.15, 0.2) is 0 Å². The molecule has 1 aromatic rings. The summed E-state index contributed by atoms with van der Waals surface area (Å²) in [6.45, 7) is 4.40. The molecule has 1 N–H and O–H groups in total. The van der Waals surface area contributed by atoms with E-state index in [1.165, 1.54) is 0 Å². The van der Waals surface area contributed by atoms with Crippen LogP contribution in [0.3, 0.4) is 0 Å². The van der Waals surface area contributed by atoms with E-state index >= 15 is 0 Å². The van der Waals surface area contributed by atoms with Gasteiger partial charge in [-0.15, -0.1) is 0 Å². The molecule has 1 saturated heterocycles. The van der Waals surface area contributed by atoms with Crippen molar-refractivity contribution in [2.24, 2.45) is 0 Å². The van der Waals surface area contributed by atoms with Gasteiger partial charge in [0.2, 0.25) is 0 Å². The number of hydrogen-bond acceptors (Lipinski definition) is 5. The third-order valence-electron chi connectivity index (χ3n) is 3.50. The summed E-state index contributed by atoms with van der Waals surface area (Å²) < 4.78 is 5.26. The van der Waals surface area contributed by atoms with Crippen LogP contribution in [0, 0.1) is 13.8 Å². The molecule has 1 aromatic heterocycles. The van der Waals surface area contributed by atoms with E-state index in [1.807, 2.05) is 0 Å². The molecule has 0 aliphatic carbocycles. The van der Waals surface area contributed by atoms with Gasteiger partial charge in [0, 0.05) is 13.1 Å². The van der Waals surface area contributed by atoms with Crippen molar-refractivity contribution in [3.05, 3.63) is 23.0 Å². The molecule has 7 heteroatoms. The number of carbonyl (C=O) groups excluding carboxylic acids is 1. The fraction of sp³-hybridized carbons (Fsp3) is 0.571. The number of piperidine rings is 1. The highest BCUT2D eigenvalue weighted by Crippen LogP contribution is 2.17. The topological polar surface area (TPSA) is 92.6 Å². The molecule has 0 bridgehead atoms. The standard InChI is InChI=1S/C14H19N3O4/c1-9-7-12(10(2)16-15-9)14(20)17-5-3-11(4-6-17)21-8-13(18)19/h7,11H,3-6,8H2,1-2H3,(H,18,19). The molecule has 114 valence electrons. The summed E-state index contributed by atoms with van der Waals surface area (Å²) in [4.78, 5) is 24.7. The zero-order valence-electron chi connectivity index (χ0n) is 12.2. The van der Waals surface area contributed by atoms with Gasteiger partial charge in [-0.05, 0) is 32.8 Å². The maximum Gasteiger partial charge on any atom is 0.329 e. The van der Waals surface area contributed by atoms with Gasteiger partial charge < -0.3 is 14.7 Å². The highest BCUT2D eigenvalue weighted by atomic mass is 16.5. The molecular weight excluding hydrogens is 274 g/mol. The van der Waals surface area contributed by atoms with Crippen LogP contribution in [0.1, 0.15) is 34.6 Å². The third-order valence-corrected chi connectivity index (χ3v) is 3.50. The summed E-state index contributed by atoms with van der Waals surface area (Å²) in [5, 5.41) is 16.5. The molecule has 2 heterocycles. The van der Waals surface area contributed by atoms with Gasteiger partial charge in [0.1, 0.15) is 6.61 Å². The Labute approximate surface area is 122 Å². The Bertz CT molecular complexity index is 539. The molecule has 0 unspecified atom stereocenters. The van der Waals surface area contributed by atoms with Crippen LogP contribution in [0.5, 0.6) is 0 Å². The zero-order chi connectivity index (χ0) is 15.4. The first-order valence-corrected chi connectivity index (χ1v) is 6.91. The van der Waals surface area contributed by atoms with Gasteiger partial charge >= 0.3 is 5.97 Å². The summed E-state index contributed by atoms with van der Waals surface area (Å²) in [5.74, 6) is -1.02. The van der Waals surface area contributed by atoms with Crippen LogP contribution in [-0.4, -0.2) is 57.9 Å². The minimum Gasteiger partial charge on any atom is -0.480 e. The van der Waals surface area contributed by atoms with E-state index in [-0.39, 0.29) is 18.6 Å². The van der Waals surface area contributed by atoms with Crippen molar-refractivity contribution < 1.29 is 19.4 Å². The molecule has 21 heavy (non-hydrogen) atoms. The SMILES string of the molecule is Cc1cc(C(=O)N2CCC(OCC(=O)O)CC2)c(C)nn1. The van der Waals surface area contributed by atoms with Gasteiger partial charge in [0.05, 0.1) is 23.1 Å². The molecule has 0 saturated carbocycles. The first kappa shape index (κ1) is 15.4. The van der Waals surface area contributed by atoms with Crippen molar-refractivity contribution in [3.63, 3.8) is 0 Å². The second-order valence-corrected chi connectivity index (χ2v) is 5.18. The van der Waals surface area contributed by atoms with Gasteiger partial charge in [-0.2, -0.15) is 10.2 Å². The fourth-order valence-corrected chi connectivity index (χ4v) is 2.35. The first-order chi connectivity index (χ1) is 9.97. The molecular formula is C14H19N3O4. The quantitative estimate of drug-likeness (QED) is 0.882. The molecule has 0 aromatic carbocycles. The van der Waals surface area contributed by atoms with E-state index in [2.05, 4.69) is 10.2 Å². The van der Waals surface area contributed by atoms with E-state index in [1.54, 1.807) is 24.8 Å². The van der Waals surface area contributed by atoms with E-state index < -0.39 is 5.97 Å². The number of rotatable bonds is 4. The lowest BCUT2D eigenvalue weighted by Gasteiger charge is -2.31. The second-order valence-electron chi connectivity index (χ2n) is 5.18. The Morgan fingerprint density at radius 1 is 1.33 bits per heavy atom. The molecule has 0 spiro atoms. The maximum absolute atomic E-state index is 12.5. The summed E-state index contributed by atoms with van der Waals surface area (Å²) >= 11 is 0. The van der Waals surface area contributed by atoms with Crippen LogP contribution in [0.2, 0.25) is 0 Å². The lowest BCUT2D eigenvalue weighted by Crippen LogP contribution is -2.41. The summed E-state index contributed by atoms with van der Waals surface area (Å²) in [5.41, 5.74) is 1.91. The van der Waals surface area contributed by atoms with Gasteiger partial charge in [0.25, 0.3) is 5.91 Å². The third kappa shape index (κ3) is 3.98. The summed E-state index contributed by atoms with van der Waals surface area (Å²) in [6, 6.07) is 1.75. The van der Waals surface area contributed by atoms with Gasteiger partial charge in [-0.1, -0.05) is 0 Å². The minimum absolute atomic E-state index is 0.0535. The van der Waals surface area contributed by atoms with E-state index in [0.717, 1.165) is 0 Å². The zero-order valence-corrected chi connectivity index (χ0v) is 12.2. The molecule has 0 atom stereocenters. The van der Waals surface area contributed by atoms with Crippen molar-refractivity contribution in [1.29, 1.82) is 0 Å². The van der Waals surface area contributed by atoms with E-state index in [9.17, 15) is 9.59 Å². The van der Waals surface area contributed by atoms with E-state index in [0.29, 0.717) is 42.9 Å². The average Bonchev–Trinajstić information content (AvgIpc) is 2.47. The number of hydrogen-bond donors (Lipinski definition) is 1. The Balaban J connectivity index is 1.94. The number of likely N-dealkylation sites (tertiary alicyclic amines) is 1. The van der Waals surface area contributed by atoms with Crippen molar-refractivity contribution in [2.75, 3.05) is 19.7 Å². The normalized spacial score (nSPS) is 16.0. The van der Waals surface area contributed by atoms with Crippen LogP contribution in [0.4, 0.5) is 0 Å². The van der Waals surface area contributed by atoms with Gasteiger partial charge in [-0.25, -0.2) is 4.79 Å². The molecule has 1 aliphatic rings. The molecule has 1 aliphatic heterocycles. The molecule has 2 rings (SSSR count). The first-order valence-electron chi connectivity index (χ1n) is 6.91. The molecule has 0 radical (unpaired) electrons. The number of nitrogens with zero attached hydrogens (tertiary/aromatic N) is 3. The van der Waals surface area contributed by atoms with Crippen molar-refractivity contribution in [1.82, 2.24) is 15.1 Å². The number of carboxylic acid groups (broad SMARTS) is 1. The van der Waals surface area contributed by atoms with Crippen LogP contribution in [0.15, 0.2) is 6.07 Å². The van der Waals surface area contributed by atoms with Crippen molar-refractivity contribution in [3.8, 4) is 0 Å². The van der Waals surface area contributed by atoms with Crippen molar-refractivity contribution in [2.45, 2.75) is 32.8 Å². The highest BCUT2D eigenvalue weighted by molar-refractivity contribution is 5.95. The second kappa shape index (κ2) is 6.62. The number of aromatic nitrogens is 2. The number of amides is 1. The van der Waals surface area contributed by atoms with Crippen LogP contribution >= 0.6 is 0 Å². The lowest BCUT2D eigenvalue weighted by molar-refractivity contribution is -0.145. The Morgan fingerprint density at radius 2 is 2.00 bits per heavy atom. The maximum atomic E-state index is 12.5. The number of aryl methyl sites for hydroxylation is 2. The molecule has 1 amide bonds.